The van der Waals surface area contributed by atoms with Crippen molar-refractivity contribution >= 4 is 16.8 Å². The van der Waals surface area contributed by atoms with Gasteiger partial charge in [-0.05, 0) is 43.9 Å². The van der Waals surface area contributed by atoms with E-state index in [1.54, 1.807) is 0 Å². The number of amides is 1. The minimum Gasteiger partial charge on any atom is -0.358 e. The van der Waals surface area contributed by atoms with E-state index in [1.165, 1.54) is 29.5 Å². The molecule has 4 rings (SSSR count). The van der Waals surface area contributed by atoms with Crippen molar-refractivity contribution in [2.45, 2.75) is 32.6 Å². The molecule has 0 atom stereocenters. The number of carbonyl (C=O) groups excluding carboxylic acids is 1. The number of fused-ring (bicyclic) bond motifs is 3. The van der Waals surface area contributed by atoms with Gasteiger partial charge in [-0.3, -0.25) is 4.79 Å². The zero-order valence-electron chi connectivity index (χ0n) is 13.9. The maximum atomic E-state index is 13.0. The third kappa shape index (κ3) is 2.55. The number of benzene rings is 1. The highest BCUT2D eigenvalue weighted by Gasteiger charge is 2.24. The standard InChI is InChI=1S/C19H25N3O/c1-2-21-10-12-22(13-11-21)19(23)16-8-5-7-15-14-6-3-4-9-17(14)20-18(15)16/h5,7-8,20H,2-4,6,9-13H2,1H3. The van der Waals surface area contributed by atoms with Crippen LogP contribution in [0.25, 0.3) is 10.9 Å². The van der Waals surface area contributed by atoms with Gasteiger partial charge >= 0.3 is 0 Å². The smallest absolute Gasteiger partial charge is 0.256 e. The summed E-state index contributed by atoms with van der Waals surface area (Å²) in [6, 6.07) is 6.20. The van der Waals surface area contributed by atoms with Crippen LogP contribution in [-0.2, 0) is 12.8 Å². The summed E-state index contributed by atoms with van der Waals surface area (Å²) in [5.41, 5.74) is 4.70. The molecule has 1 aromatic carbocycles. The summed E-state index contributed by atoms with van der Waals surface area (Å²) >= 11 is 0. The van der Waals surface area contributed by atoms with Gasteiger partial charge in [-0.1, -0.05) is 19.1 Å². The van der Waals surface area contributed by atoms with Gasteiger partial charge in [0, 0.05) is 37.3 Å². The fourth-order valence-electron chi connectivity index (χ4n) is 4.05. The number of hydrogen-bond donors (Lipinski definition) is 1. The highest BCUT2D eigenvalue weighted by atomic mass is 16.2. The van der Waals surface area contributed by atoms with Crippen LogP contribution in [0.1, 0.15) is 41.4 Å². The lowest BCUT2D eigenvalue weighted by Crippen LogP contribution is -2.48. The van der Waals surface area contributed by atoms with E-state index in [9.17, 15) is 4.79 Å². The number of rotatable bonds is 2. The fourth-order valence-corrected chi connectivity index (χ4v) is 4.05. The Balaban J connectivity index is 1.66. The van der Waals surface area contributed by atoms with Crippen LogP contribution in [0.4, 0.5) is 0 Å². The van der Waals surface area contributed by atoms with Crippen molar-refractivity contribution in [3.63, 3.8) is 0 Å². The summed E-state index contributed by atoms with van der Waals surface area (Å²) in [6.45, 7) is 6.90. The molecule has 0 bridgehead atoms. The van der Waals surface area contributed by atoms with E-state index in [-0.39, 0.29) is 5.91 Å². The van der Waals surface area contributed by atoms with E-state index in [0.717, 1.165) is 56.6 Å². The number of aryl methyl sites for hydroxylation is 2. The lowest BCUT2D eigenvalue weighted by atomic mass is 9.95. The largest absolute Gasteiger partial charge is 0.358 e. The van der Waals surface area contributed by atoms with Crippen LogP contribution in [0, 0.1) is 0 Å². The predicted octanol–water partition coefficient (Wildman–Crippen LogP) is 2.82. The molecule has 1 aliphatic heterocycles. The molecule has 2 aliphatic rings. The van der Waals surface area contributed by atoms with Gasteiger partial charge in [0.2, 0.25) is 0 Å². The van der Waals surface area contributed by atoms with Gasteiger partial charge in [-0.15, -0.1) is 0 Å². The molecule has 1 aliphatic carbocycles. The fraction of sp³-hybridized carbons (Fsp3) is 0.526. The number of nitrogens with zero attached hydrogens (tertiary/aromatic N) is 2. The maximum absolute atomic E-state index is 13.0. The molecule has 122 valence electrons. The Labute approximate surface area is 137 Å². The van der Waals surface area contributed by atoms with E-state index < -0.39 is 0 Å². The molecule has 4 heteroatoms. The molecule has 1 aromatic heterocycles. The number of aromatic nitrogens is 1. The third-order valence-corrected chi connectivity index (χ3v) is 5.47. The molecule has 0 spiro atoms. The average Bonchev–Trinajstić information content (AvgIpc) is 3.00. The van der Waals surface area contributed by atoms with E-state index in [1.807, 2.05) is 17.0 Å². The summed E-state index contributed by atoms with van der Waals surface area (Å²) < 4.78 is 0. The summed E-state index contributed by atoms with van der Waals surface area (Å²) in [7, 11) is 0. The number of para-hydroxylation sites is 1. The minimum atomic E-state index is 0.185. The van der Waals surface area contributed by atoms with Crippen molar-refractivity contribution in [3.05, 3.63) is 35.0 Å². The SMILES string of the molecule is CCN1CCN(C(=O)c2cccc3c4c([nH]c23)CCCC4)CC1. The first-order valence-electron chi connectivity index (χ1n) is 8.92. The van der Waals surface area contributed by atoms with Crippen LogP contribution in [0.3, 0.4) is 0 Å². The molecule has 1 fully saturated rings. The predicted molar refractivity (Wildman–Crippen MR) is 93.0 cm³/mol. The highest BCUT2D eigenvalue weighted by Crippen LogP contribution is 2.31. The molecule has 23 heavy (non-hydrogen) atoms. The van der Waals surface area contributed by atoms with Crippen molar-refractivity contribution in [2.24, 2.45) is 0 Å². The highest BCUT2D eigenvalue weighted by molar-refractivity contribution is 6.06. The number of nitrogens with one attached hydrogen (secondary N) is 1. The Kier molecular flexibility index (Phi) is 3.85. The molecule has 0 saturated carbocycles. The van der Waals surface area contributed by atoms with Crippen molar-refractivity contribution < 1.29 is 4.79 Å². The van der Waals surface area contributed by atoms with E-state index >= 15 is 0 Å². The van der Waals surface area contributed by atoms with E-state index in [2.05, 4.69) is 22.9 Å². The molecular formula is C19H25N3O. The minimum absolute atomic E-state index is 0.185. The average molecular weight is 311 g/mol. The second kappa shape index (κ2) is 6.00. The molecule has 2 heterocycles. The zero-order chi connectivity index (χ0) is 15.8. The topological polar surface area (TPSA) is 39.3 Å². The Morgan fingerprint density at radius 1 is 1.13 bits per heavy atom. The normalized spacial score (nSPS) is 19.1. The summed E-state index contributed by atoms with van der Waals surface area (Å²) in [5.74, 6) is 0.185. The number of piperazine rings is 1. The number of likely N-dealkylation sites (N-methyl/N-ethyl adjacent to an activating group) is 1. The first-order chi connectivity index (χ1) is 11.3. The summed E-state index contributed by atoms with van der Waals surface area (Å²) in [4.78, 5) is 21.0. The van der Waals surface area contributed by atoms with Crippen molar-refractivity contribution in [3.8, 4) is 0 Å². The third-order valence-electron chi connectivity index (χ3n) is 5.47. The summed E-state index contributed by atoms with van der Waals surface area (Å²) in [6.07, 6.45) is 4.77. The van der Waals surface area contributed by atoms with Gasteiger partial charge in [-0.25, -0.2) is 0 Å². The zero-order valence-corrected chi connectivity index (χ0v) is 13.9. The van der Waals surface area contributed by atoms with E-state index in [4.69, 9.17) is 0 Å². The van der Waals surface area contributed by atoms with Gasteiger partial charge < -0.3 is 14.8 Å². The van der Waals surface area contributed by atoms with Gasteiger partial charge in [0.05, 0.1) is 11.1 Å². The van der Waals surface area contributed by atoms with E-state index in [0.29, 0.717) is 0 Å². The van der Waals surface area contributed by atoms with Crippen molar-refractivity contribution in [1.29, 1.82) is 0 Å². The van der Waals surface area contributed by atoms with Crippen LogP contribution in [0.15, 0.2) is 18.2 Å². The molecule has 1 N–H and O–H groups in total. The van der Waals surface area contributed by atoms with Gasteiger partial charge in [0.1, 0.15) is 0 Å². The monoisotopic (exact) mass is 311 g/mol. The van der Waals surface area contributed by atoms with Crippen molar-refractivity contribution in [2.75, 3.05) is 32.7 Å². The quantitative estimate of drug-likeness (QED) is 0.926. The summed E-state index contributed by atoms with van der Waals surface area (Å²) in [5, 5.41) is 1.26. The lowest BCUT2D eigenvalue weighted by molar-refractivity contribution is 0.0645. The molecular weight excluding hydrogens is 286 g/mol. The van der Waals surface area contributed by atoms with Crippen LogP contribution < -0.4 is 0 Å². The number of hydrogen-bond acceptors (Lipinski definition) is 2. The lowest BCUT2D eigenvalue weighted by Gasteiger charge is -2.34. The van der Waals surface area contributed by atoms with Gasteiger partial charge in [0.15, 0.2) is 0 Å². The molecule has 1 saturated heterocycles. The van der Waals surface area contributed by atoms with Gasteiger partial charge in [-0.2, -0.15) is 0 Å². The van der Waals surface area contributed by atoms with Gasteiger partial charge in [0.25, 0.3) is 5.91 Å². The molecule has 0 radical (unpaired) electrons. The van der Waals surface area contributed by atoms with Crippen LogP contribution >= 0.6 is 0 Å². The van der Waals surface area contributed by atoms with Crippen LogP contribution in [0.5, 0.6) is 0 Å². The van der Waals surface area contributed by atoms with Crippen molar-refractivity contribution in [1.82, 2.24) is 14.8 Å². The van der Waals surface area contributed by atoms with Crippen LogP contribution in [-0.4, -0.2) is 53.4 Å². The maximum Gasteiger partial charge on any atom is 0.256 e. The molecule has 1 amide bonds. The first-order valence-corrected chi connectivity index (χ1v) is 8.92. The number of carbonyl (C=O) groups is 1. The number of H-pyrrole nitrogens is 1. The molecule has 4 nitrogen and oxygen atoms in total. The second-order valence-electron chi connectivity index (χ2n) is 6.74. The first kappa shape index (κ1) is 14.8. The Hall–Kier alpha value is -1.81. The Morgan fingerprint density at radius 2 is 1.91 bits per heavy atom. The molecule has 2 aromatic rings. The number of aromatic amines is 1. The van der Waals surface area contributed by atoms with Crippen LogP contribution in [0.2, 0.25) is 0 Å². The Bertz CT molecular complexity index is 726. The molecule has 0 unspecified atom stereocenters. The second-order valence-corrected chi connectivity index (χ2v) is 6.74. The Morgan fingerprint density at radius 3 is 2.70 bits per heavy atom.